The minimum absolute atomic E-state index is 0.325. The molecule has 0 saturated carbocycles. The zero-order valence-electron chi connectivity index (χ0n) is 12.1. The highest BCUT2D eigenvalue weighted by Gasteiger charge is 2.33. The van der Waals surface area contributed by atoms with Crippen LogP contribution in [0.25, 0.3) is 0 Å². The second kappa shape index (κ2) is 7.24. The van der Waals surface area contributed by atoms with E-state index in [2.05, 4.69) is 46.2 Å². The van der Waals surface area contributed by atoms with Gasteiger partial charge in [-0.3, -0.25) is 0 Å². The molecular formula is C11H32Si4. The van der Waals surface area contributed by atoms with Gasteiger partial charge in [0.05, 0.1) is 0 Å². The smallest absolute Gasteiger partial charge is 0.0446 e. The Kier molecular flexibility index (Phi) is 7.66. The molecule has 0 rings (SSSR count). The maximum Gasteiger partial charge on any atom is 0.0446 e. The van der Waals surface area contributed by atoms with Gasteiger partial charge in [-0.25, -0.2) is 0 Å². The lowest BCUT2D eigenvalue weighted by Gasteiger charge is -2.35. The molecule has 92 valence electrons. The van der Waals surface area contributed by atoms with Crippen molar-refractivity contribution in [1.29, 1.82) is 0 Å². The van der Waals surface area contributed by atoms with Crippen LogP contribution in [-0.4, -0.2) is 34.5 Å². The molecule has 0 atom stereocenters. The van der Waals surface area contributed by atoms with E-state index < -0.39 is 8.07 Å². The lowest BCUT2D eigenvalue weighted by molar-refractivity contribution is 1.29. The molecule has 0 heterocycles. The molecule has 0 fully saturated rings. The van der Waals surface area contributed by atoms with Crippen molar-refractivity contribution in [2.24, 2.45) is 0 Å². The summed E-state index contributed by atoms with van der Waals surface area (Å²) in [5, 5.41) is 0. The molecule has 0 aromatic carbocycles. The molecule has 0 aliphatic carbocycles. The van der Waals surface area contributed by atoms with Gasteiger partial charge in [0.25, 0.3) is 0 Å². The van der Waals surface area contributed by atoms with E-state index in [0.717, 1.165) is 0 Å². The molecule has 0 aromatic heterocycles. The van der Waals surface area contributed by atoms with Crippen LogP contribution in [0.4, 0.5) is 0 Å². The first-order chi connectivity index (χ1) is 6.81. The Hall–Kier alpha value is 0.868. The fourth-order valence-corrected chi connectivity index (χ4v) is 34.0. The van der Waals surface area contributed by atoms with Crippen molar-refractivity contribution in [3.8, 4) is 0 Å². The topological polar surface area (TPSA) is 0 Å². The van der Waals surface area contributed by atoms with Crippen molar-refractivity contribution >= 4 is 34.5 Å². The fourth-order valence-electron chi connectivity index (χ4n) is 3.28. The SMILES string of the molecule is CC[Si](C[SiH](C)C)(C[SiH](C)C)C[SiH](C)C. The van der Waals surface area contributed by atoms with Crippen LogP contribution in [0.1, 0.15) is 6.92 Å². The molecule has 0 aromatic rings. The molecule has 0 bridgehead atoms. The molecular weight excluding hydrogens is 244 g/mol. The highest BCUT2D eigenvalue weighted by molar-refractivity contribution is 7.00. The first-order valence-corrected chi connectivity index (χ1v) is 19.0. The summed E-state index contributed by atoms with van der Waals surface area (Å²) in [5.74, 6) is 0. The van der Waals surface area contributed by atoms with E-state index >= 15 is 0 Å². The third kappa shape index (κ3) is 6.92. The summed E-state index contributed by atoms with van der Waals surface area (Å²) in [7, 11) is -1.75. The zero-order chi connectivity index (χ0) is 12.1. The normalized spacial score (nSPS) is 13.2. The second-order valence-corrected chi connectivity index (χ2v) is 23.6. The molecule has 0 radical (unpaired) electrons. The van der Waals surface area contributed by atoms with Crippen LogP contribution in [0.15, 0.2) is 0 Å². The van der Waals surface area contributed by atoms with Crippen molar-refractivity contribution in [2.45, 2.75) is 69.3 Å². The van der Waals surface area contributed by atoms with Gasteiger partial charge in [0, 0.05) is 34.5 Å². The zero-order valence-corrected chi connectivity index (χ0v) is 16.5. The first kappa shape index (κ1) is 15.9. The first-order valence-electron chi connectivity index (χ1n) is 6.81. The summed E-state index contributed by atoms with van der Waals surface area (Å²) in [6, 6.07) is 1.59. The molecule has 0 spiro atoms. The Morgan fingerprint density at radius 2 is 0.933 bits per heavy atom. The van der Waals surface area contributed by atoms with Gasteiger partial charge in [-0.2, -0.15) is 0 Å². The van der Waals surface area contributed by atoms with E-state index in [0.29, 0.717) is 0 Å². The Labute approximate surface area is 104 Å². The van der Waals surface area contributed by atoms with Gasteiger partial charge in [-0.15, -0.1) is 0 Å². The van der Waals surface area contributed by atoms with E-state index in [1.165, 1.54) is 0 Å². The van der Waals surface area contributed by atoms with Gasteiger partial charge >= 0.3 is 0 Å². The maximum atomic E-state index is 2.57. The Balaban J connectivity index is 4.59. The average Bonchev–Trinajstić information content (AvgIpc) is 1.99. The lowest BCUT2D eigenvalue weighted by Crippen LogP contribution is -2.43. The van der Waals surface area contributed by atoms with E-state index in [1.54, 1.807) is 23.0 Å². The van der Waals surface area contributed by atoms with E-state index in [4.69, 9.17) is 0 Å². The summed E-state index contributed by atoms with van der Waals surface area (Å²) < 4.78 is 0. The standard InChI is InChI=1S/C11H32Si4/c1-8-15(9-12(2)3,10-13(4)5)11-14(6)7/h12-14H,8-11H2,1-7H3. The minimum Gasteiger partial charge on any atom is -0.0724 e. The average molecular weight is 277 g/mol. The van der Waals surface area contributed by atoms with Crippen LogP contribution in [0.5, 0.6) is 0 Å². The fraction of sp³-hybridized carbons (Fsp3) is 1.00. The van der Waals surface area contributed by atoms with Crippen LogP contribution in [0, 0.1) is 0 Å². The van der Waals surface area contributed by atoms with Crippen molar-refractivity contribution in [3.63, 3.8) is 0 Å². The van der Waals surface area contributed by atoms with Crippen molar-refractivity contribution in [2.75, 3.05) is 0 Å². The third-order valence-electron chi connectivity index (χ3n) is 3.27. The summed E-state index contributed by atoms with van der Waals surface area (Å²) in [6.45, 7) is 17.9. The highest BCUT2D eigenvalue weighted by atomic mass is 28.4. The van der Waals surface area contributed by atoms with Crippen LogP contribution in [-0.2, 0) is 0 Å². The number of hydrogen-bond donors (Lipinski definition) is 0. The molecule has 0 aliphatic heterocycles. The molecule has 0 saturated heterocycles. The highest BCUT2D eigenvalue weighted by Crippen LogP contribution is 2.29. The van der Waals surface area contributed by atoms with Crippen LogP contribution >= 0.6 is 0 Å². The molecule has 0 N–H and O–H groups in total. The predicted molar refractivity (Wildman–Crippen MR) is 87.3 cm³/mol. The van der Waals surface area contributed by atoms with Gasteiger partial charge in [0.1, 0.15) is 0 Å². The van der Waals surface area contributed by atoms with E-state index in [9.17, 15) is 0 Å². The molecule has 15 heavy (non-hydrogen) atoms. The number of rotatable bonds is 7. The van der Waals surface area contributed by atoms with Crippen molar-refractivity contribution < 1.29 is 0 Å². The van der Waals surface area contributed by atoms with Crippen LogP contribution < -0.4 is 0 Å². The molecule has 0 amide bonds. The van der Waals surface area contributed by atoms with E-state index in [1.807, 2.05) is 0 Å². The molecule has 0 aliphatic rings. The van der Waals surface area contributed by atoms with Crippen LogP contribution in [0.2, 0.25) is 62.3 Å². The van der Waals surface area contributed by atoms with Gasteiger partial charge < -0.3 is 0 Å². The summed E-state index contributed by atoms with van der Waals surface area (Å²) in [6.07, 6.45) is 0. The quantitative estimate of drug-likeness (QED) is 0.624. The Morgan fingerprint density at radius 1 is 0.667 bits per heavy atom. The Morgan fingerprint density at radius 3 is 1.07 bits per heavy atom. The van der Waals surface area contributed by atoms with Gasteiger partial charge in [0.15, 0.2) is 0 Å². The maximum absolute atomic E-state index is 2.57. The van der Waals surface area contributed by atoms with Crippen molar-refractivity contribution in [3.05, 3.63) is 0 Å². The molecule has 0 unspecified atom stereocenters. The summed E-state index contributed by atoms with van der Waals surface area (Å²) in [5.41, 5.74) is 5.25. The summed E-state index contributed by atoms with van der Waals surface area (Å²) in [4.78, 5) is 0. The molecule has 4 heteroatoms. The lowest BCUT2D eigenvalue weighted by atomic mass is 11.0. The van der Waals surface area contributed by atoms with Gasteiger partial charge in [-0.1, -0.05) is 69.3 Å². The van der Waals surface area contributed by atoms with Gasteiger partial charge in [-0.05, 0) is 0 Å². The van der Waals surface area contributed by atoms with E-state index in [-0.39, 0.29) is 26.4 Å². The monoisotopic (exact) mass is 276 g/mol. The van der Waals surface area contributed by atoms with Crippen LogP contribution in [0.3, 0.4) is 0 Å². The predicted octanol–water partition coefficient (Wildman–Crippen LogP) is 3.53. The minimum atomic E-state index is -0.774. The second-order valence-electron chi connectivity index (χ2n) is 6.65. The Bertz CT molecular complexity index is 139. The van der Waals surface area contributed by atoms with Gasteiger partial charge in [0.2, 0.25) is 0 Å². The third-order valence-corrected chi connectivity index (χ3v) is 25.0. The largest absolute Gasteiger partial charge is 0.0724 e. The van der Waals surface area contributed by atoms with Crippen molar-refractivity contribution in [1.82, 2.24) is 0 Å². The number of hydrogen-bond acceptors (Lipinski definition) is 0. The summed E-state index contributed by atoms with van der Waals surface area (Å²) >= 11 is 0. The molecule has 0 nitrogen and oxygen atoms in total.